The molecule has 0 saturated carbocycles. The maximum atomic E-state index is 12.3. The van der Waals surface area contributed by atoms with E-state index in [1.807, 2.05) is 0 Å². The van der Waals surface area contributed by atoms with Gasteiger partial charge in [-0.15, -0.1) is 0 Å². The molecule has 2 heterocycles. The Morgan fingerprint density at radius 2 is 2.11 bits per heavy atom. The number of nitrogens with one attached hydrogen (secondary N) is 2. The number of alkyl halides is 3. The van der Waals surface area contributed by atoms with Gasteiger partial charge in [-0.2, -0.15) is 13.2 Å². The molecule has 0 bridgehead atoms. The van der Waals surface area contributed by atoms with Crippen molar-refractivity contribution in [2.24, 2.45) is 0 Å². The second-order valence-electron chi connectivity index (χ2n) is 5.35. The zero-order valence-corrected chi connectivity index (χ0v) is 10.8. The highest BCUT2D eigenvalue weighted by Crippen LogP contribution is 2.20. The van der Waals surface area contributed by atoms with E-state index in [0.717, 1.165) is 25.8 Å². The fourth-order valence-corrected chi connectivity index (χ4v) is 2.78. The molecular weight excluding hydrogens is 259 g/mol. The molecule has 2 aliphatic heterocycles. The molecule has 2 atom stereocenters. The van der Waals surface area contributed by atoms with Crippen LogP contribution in [-0.4, -0.2) is 55.2 Å². The lowest BCUT2D eigenvalue weighted by Crippen LogP contribution is -2.53. The summed E-state index contributed by atoms with van der Waals surface area (Å²) in [7, 11) is 0. The van der Waals surface area contributed by atoms with Crippen LogP contribution in [0.25, 0.3) is 0 Å². The van der Waals surface area contributed by atoms with Crippen molar-refractivity contribution in [3.8, 4) is 0 Å². The van der Waals surface area contributed by atoms with Crippen LogP contribution in [0.1, 0.15) is 25.7 Å². The molecule has 1 amide bonds. The van der Waals surface area contributed by atoms with Crippen LogP contribution in [-0.2, 0) is 4.79 Å². The molecule has 2 N–H and O–H groups in total. The van der Waals surface area contributed by atoms with Crippen LogP contribution >= 0.6 is 0 Å². The van der Waals surface area contributed by atoms with E-state index in [1.165, 1.54) is 4.90 Å². The Bertz CT molecular complexity index is 316. The molecule has 2 saturated heterocycles. The zero-order chi connectivity index (χ0) is 13.9. The van der Waals surface area contributed by atoms with Gasteiger partial charge in [0.05, 0.1) is 12.6 Å². The molecular formula is C12H20F3N3O. The molecule has 0 aromatic heterocycles. The molecule has 110 valence electrons. The van der Waals surface area contributed by atoms with Crippen LogP contribution < -0.4 is 10.6 Å². The van der Waals surface area contributed by atoms with Gasteiger partial charge in [-0.3, -0.25) is 9.69 Å². The van der Waals surface area contributed by atoms with Crippen molar-refractivity contribution in [3.05, 3.63) is 0 Å². The fraction of sp³-hybridized carbons (Fsp3) is 0.917. The lowest BCUT2D eigenvalue weighted by molar-refractivity contribution is -0.148. The van der Waals surface area contributed by atoms with Crippen molar-refractivity contribution in [1.82, 2.24) is 15.5 Å². The highest BCUT2D eigenvalue weighted by molar-refractivity contribution is 5.82. The lowest BCUT2D eigenvalue weighted by atomic mass is 10.0. The largest absolute Gasteiger partial charge is 0.401 e. The number of halogens is 3. The van der Waals surface area contributed by atoms with Gasteiger partial charge >= 0.3 is 6.18 Å². The third kappa shape index (κ3) is 4.65. The maximum Gasteiger partial charge on any atom is 0.401 e. The molecule has 0 radical (unpaired) electrons. The van der Waals surface area contributed by atoms with E-state index < -0.39 is 12.7 Å². The molecule has 0 spiro atoms. The van der Waals surface area contributed by atoms with E-state index in [1.54, 1.807) is 0 Å². The van der Waals surface area contributed by atoms with Crippen LogP contribution in [0.15, 0.2) is 0 Å². The minimum atomic E-state index is -4.17. The van der Waals surface area contributed by atoms with Crippen LogP contribution in [0.2, 0.25) is 0 Å². The molecule has 2 rings (SSSR count). The van der Waals surface area contributed by atoms with Gasteiger partial charge in [0.2, 0.25) is 5.91 Å². The van der Waals surface area contributed by atoms with Crippen molar-refractivity contribution in [3.63, 3.8) is 0 Å². The van der Waals surface area contributed by atoms with Crippen molar-refractivity contribution in [1.29, 1.82) is 0 Å². The third-order valence-corrected chi connectivity index (χ3v) is 3.63. The first-order valence-electron chi connectivity index (χ1n) is 6.77. The average Bonchev–Trinajstić information content (AvgIpc) is 2.80. The summed E-state index contributed by atoms with van der Waals surface area (Å²) in [6.07, 6.45) is -0.932. The summed E-state index contributed by atoms with van der Waals surface area (Å²) < 4.78 is 37.0. The Morgan fingerprint density at radius 3 is 2.74 bits per heavy atom. The van der Waals surface area contributed by atoms with E-state index in [2.05, 4.69) is 10.6 Å². The monoisotopic (exact) mass is 279 g/mol. The Balaban J connectivity index is 1.78. The topological polar surface area (TPSA) is 44.4 Å². The first kappa shape index (κ1) is 14.6. The number of likely N-dealkylation sites (tertiary alicyclic amines) is 1. The number of rotatable bonds is 3. The minimum Gasteiger partial charge on any atom is -0.351 e. The number of hydrogen-bond donors (Lipinski definition) is 2. The third-order valence-electron chi connectivity index (χ3n) is 3.63. The summed E-state index contributed by atoms with van der Waals surface area (Å²) in [6.45, 7) is 0.690. The molecule has 4 nitrogen and oxygen atoms in total. The number of amides is 1. The fourth-order valence-electron chi connectivity index (χ4n) is 2.78. The first-order chi connectivity index (χ1) is 8.94. The van der Waals surface area contributed by atoms with E-state index in [0.29, 0.717) is 13.0 Å². The highest BCUT2D eigenvalue weighted by atomic mass is 19.4. The Labute approximate surface area is 110 Å². The predicted octanol–water partition coefficient (Wildman–Crippen LogP) is 0.881. The quantitative estimate of drug-likeness (QED) is 0.806. The molecule has 2 aliphatic rings. The lowest BCUT2D eigenvalue weighted by Gasteiger charge is -2.33. The molecule has 19 heavy (non-hydrogen) atoms. The molecule has 0 aliphatic carbocycles. The molecule has 2 unspecified atom stereocenters. The van der Waals surface area contributed by atoms with Crippen molar-refractivity contribution < 1.29 is 18.0 Å². The van der Waals surface area contributed by atoms with E-state index >= 15 is 0 Å². The normalized spacial score (nSPS) is 29.4. The molecule has 2 fully saturated rings. The Morgan fingerprint density at radius 1 is 1.32 bits per heavy atom. The summed E-state index contributed by atoms with van der Waals surface area (Å²) in [5.41, 5.74) is 0. The molecule has 7 heteroatoms. The first-order valence-corrected chi connectivity index (χ1v) is 6.77. The smallest absolute Gasteiger partial charge is 0.351 e. The summed E-state index contributed by atoms with van der Waals surface area (Å²) in [6, 6.07) is -0.330. The van der Waals surface area contributed by atoms with Gasteiger partial charge in [-0.05, 0) is 38.8 Å². The zero-order valence-electron chi connectivity index (χ0n) is 10.8. The number of carbonyl (C=O) groups is 1. The second kappa shape index (κ2) is 6.09. The molecule has 0 aromatic carbocycles. The standard InChI is InChI=1S/C12H20F3N3O/c13-12(14,15)8-18-6-2-3-9(7-18)17-11(19)10-4-1-5-16-10/h9-10,16H,1-8H2,(H,17,19). The molecule has 0 aromatic rings. The van der Waals surface area contributed by atoms with Crippen molar-refractivity contribution in [2.75, 3.05) is 26.2 Å². The minimum absolute atomic E-state index is 0.0728. The van der Waals surface area contributed by atoms with Gasteiger partial charge in [-0.25, -0.2) is 0 Å². The van der Waals surface area contributed by atoms with Crippen LogP contribution in [0.4, 0.5) is 13.2 Å². The van der Waals surface area contributed by atoms with E-state index in [9.17, 15) is 18.0 Å². The van der Waals surface area contributed by atoms with Crippen molar-refractivity contribution >= 4 is 5.91 Å². The Hall–Kier alpha value is -0.820. The van der Waals surface area contributed by atoms with Gasteiger partial charge in [0.15, 0.2) is 0 Å². The van der Waals surface area contributed by atoms with Crippen LogP contribution in [0, 0.1) is 0 Å². The number of piperidine rings is 1. The van der Waals surface area contributed by atoms with Crippen molar-refractivity contribution in [2.45, 2.75) is 43.9 Å². The predicted molar refractivity (Wildman–Crippen MR) is 64.7 cm³/mol. The van der Waals surface area contributed by atoms with Crippen LogP contribution in [0.5, 0.6) is 0 Å². The second-order valence-corrected chi connectivity index (χ2v) is 5.35. The van der Waals surface area contributed by atoms with Gasteiger partial charge in [0.25, 0.3) is 0 Å². The summed E-state index contributed by atoms with van der Waals surface area (Å²) in [5.74, 6) is -0.0728. The average molecular weight is 279 g/mol. The summed E-state index contributed by atoms with van der Waals surface area (Å²) in [5, 5.41) is 5.96. The van der Waals surface area contributed by atoms with Gasteiger partial charge < -0.3 is 10.6 Å². The maximum absolute atomic E-state index is 12.3. The van der Waals surface area contributed by atoms with Gasteiger partial charge in [0.1, 0.15) is 0 Å². The number of hydrogen-bond acceptors (Lipinski definition) is 3. The number of nitrogens with zero attached hydrogens (tertiary/aromatic N) is 1. The van der Waals surface area contributed by atoms with Gasteiger partial charge in [0, 0.05) is 12.6 Å². The highest BCUT2D eigenvalue weighted by Gasteiger charge is 2.34. The SMILES string of the molecule is O=C(NC1CCCN(CC(F)(F)F)C1)C1CCCN1. The van der Waals surface area contributed by atoms with E-state index in [-0.39, 0.29) is 24.5 Å². The Kier molecular flexibility index (Phi) is 4.67. The van der Waals surface area contributed by atoms with Gasteiger partial charge in [-0.1, -0.05) is 0 Å². The van der Waals surface area contributed by atoms with E-state index in [4.69, 9.17) is 0 Å². The summed E-state index contributed by atoms with van der Waals surface area (Å²) >= 11 is 0. The van der Waals surface area contributed by atoms with Crippen LogP contribution in [0.3, 0.4) is 0 Å². The number of carbonyl (C=O) groups excluding carboxylic acids is 1. The summed E-state index contributed by atoms with van der Waals surface area (Å²) in [4.78, 5) is 13.3.